The summed E-state index contributed by atoms with van der Waals surface area (Å²) < 4.78 is 6.17. The van der Waals surface area contributed by atoms with Gasteiger partial charge in [0.05, 0.1) is 12.3 Å². The van der Waals surface area contributed by atoms with Crippen LogP contribution in [0.15, 0.2) is 114 Å². The van der Waals surface area contributed by atoms with Gasteiger partial charge in [-0.15, -0.1) is 0 Å². The second-order valence-corrected chi connectivity index (χ2v) is 9.60. The van der Waals surface area contributed by atoms with E-state index in [2.05, 4.69) is 88.7 Å². The molecule has 36 heavy (non-hydrogen) atoms. The van der Waals surface area contributed by atoms with E-state index >= 15 is 0 Å². The minimum absolute atomic E-state index is 0.0653. The number of rotatable bonds is 3. The molecular formula is C31H24ClN3O. The topological polar surface area (TPSA) is 49.2 Å². The Kier molecular flexibility index (Phi) is 5.26. The fourth-order valence-electron chi connectivity index (χ4n) is 5.43. The van der Waals surface area contributed by atoms with Gasteiger partial charge in [-0.3, -0.25) is 16.0 Å². The number of benzene rings is 5. The number of furan rings is 1. The first kappa shape index (κ1) is 21.6. The zero-order valence-corrected chi connectivity index (χ0v) is 20.2. The summed E-state index contributed by atoms with van der Waals surface area (Å²) in [6.07, 6.45) is -0.187. The second-order valence-electron chi connectivity index (χ2n) is 9.16. The van der Waals surface area contributed by atoms with Gasteiger partial charge in [0.2, 0.25) is 0 Å². The number of fused-ring (bicyclic) bond motifs is 4. The van der Waals surface area contributed by atoms with Gasteiger partial charge in [0, 0.05) is 10.8 Å². The van der Waals surface area contributed by atoms with Crippen molar-refractivity contribution in [3.05, 3.63) is 120 Å². The Hall–Kier alpha value is -3.67. The Bertz CT molecular complexity index is 1710. The predicted octanol–water partition coefficient (Wildman–Crippen LogP) is 7.41. The molecule has 3 atom stereocenters. The van der Waals surface area contributed by atoms with Crippen molar-refractivity contribution in [2.75, 3.05) is 0 Å². The molecule has 6 aromatic rings. The van der Waals surface area contributed by atoms with Crippen molar-refractivity contribution in [2.45, 2.75) is 18.0 Å². The van der Waals surface area contributed by atoms with Crippen LogP contribution in [-0.4, -0.2) is 5.62 Å². The number of hydrogen-bond acceptors (Lipinski definition) is 4. The summed E-state index contributed by atoms with van der Waals surface area (Å²) in [7, 11) is 0. The Balaban J connectivity index is 1.38. The molecule has 3 N–H and O–H groups in total. The fraction of sp³-hybridized carbons (Fsp3) is 0.0968. The first-order chi connectivity index (χ1) is 17.8. The van der Waals surface area contributed by atoms with E-state index in [1.807, 2.05) is 36.4 Å². The van der Waals surface area contributed by atoms with Gasteiger partial charge in [0.1, 0.15) is 16.8 Å². The van der Waals surface area contributed by atoms with E-state index in [9.17, 15) is 0 Å². The normalized spacial score (nSPS) is 20.3. The summed E-state index contributed by atoms with van der Waals surface area (Å²) in [5, 5.41) is 15.2. The van der Waals surface area contributed by atoms with Gasteiger partial charge in [-0.05, 0) is 45.2 Å². The number of nitrogens with one attached hydrogen (secondary N) is 3. The number of para-hydroxylation sites is 1. The van der Waals surface area contributed by atoms with E-state index in [1.54, 1.807) is 0 Å². The standard InChI is InChI=1S/C31H24ClN3O/c32-31-34-29(19-9-2-1-3-10-19)33-30(35-31)24-18-17-22(20-11-4-5-12-21(20)24)23-14-8-16-27-28(23)25-13-6-7-15-26(25)36-27/h1-18,29-31,33-35H. The quantitative estimate of drug-likeness (QED) is 0.179. The van der Waals surface area contributed by atoms with Crippen molar-refractivity contribution in [1.29, 1.82) is 0 Å². The highest BCUT2D eigenvalue weighted by molar-refractivity contribution is 6.20. The van der Waals surface area contributed by atoms with Crippen molar-refractivity contribution in [3.63, 3.8) is 0 Å². The van der Waals surface area contributed by atoms with Crippen LogP contribution in [0.25, 0.3) is 43.8 Å². The van der Waals surface area contributed by atoms with E-state index in [0.29, 0.717) is 0 Å². The number of halogens is 1. The third-order valence-corrected chi connectivity index (χ3v) is 7.31. The van der Waals surface area contributed by atoms with Gasteiger partial charge in [0.25, 0.3) is 0 Å². The highest BCUT2D eigenvalue weighted by Gasteiger charge is 2.28. The van der Waals surface area contributed by atoms with E-state index < -0.39 is 0 Å². The zero-order chi connectivity index (χ0) is 24.1. The lowest BCUT2D eigenvalue weighted by molar-refractivity contribution is 0.247. The van der Waals surface area contributed by atoms with Crippen molar-refractivity contribution in [3.8, 4) is 11.1 Å². The van der Waals surface area contributed by atoms with Crippen LogP contribution in [0.4, 0.5) is 0 Å². The van der Waals surface area contributed by atoms with Gasteiger partial charge < -0.3 is 4.42 Å². The maximum Gasteiger partial charge on any atom is 0.138 e. The summed E-state index contributed by atoms with van der Waals surface area (Å²) in [6.45, 7) is 0. The molecular weight excluding hydrogens is 466 g/mol. The Morgan fingerprint density at radius 2 is 1.22 bits per heavy atom. The van der Waals surface area contributed by atoms with Crippen molar-refractivity contribution in [2.24, 2.45) is 0 Å². The SMILES string of the molecule is ClC1NC(c2ccccc2)NC(c2ccc(-c3cccc4oc5ccccc5c34)c3ccccc23)N1. The van der Waals surface area contributed by atoms with Gasteiger partial charge in [0.15, 0.2) is 0 Å². The van der Waals surface area contributed by atoms with Crippen LogP contribution in [0.5, 0.6) is 0 Å². The predicted molar refractivity (Wildman–Crippen MR) is 148 cm³/mol. The van der Waals surface area contributed by atoms with Crippen LogP contribution in [-0.2, 0) is 0 Å². The second kappa shape index (κ2) is 8.77. The average Bonchev–Trinajstić information content (AvgIpc) is 3.32. The molecule has 0 aliphatic carbocycles. The van der Waals surface area contributed by atoms with Crippen LogP contribution in [0.1, 0.15) is 23.5 Å². The highest BCUT2D eigenvalue weighted by Crippen LogP contribution is 2.40. The van der Waals surface area contributed by atoms with Crippen molar-refractivity contribution >= 4 is 44.3 Å². The Labute approximate surface area is 213 Å². The number of alkyl halides is 1. The Morgan fingerprint density at radius 3 is 2.08 bits per heavy atom. The van der Waals surface area contributed by atoms with Crippen LogP contribution < -0.4 is 16.0 Å². The summed E-state index contributed by atoms with van der Waals surface area (Å²) in [4.78, 5) is 0. The third kappa shape index (κ3) is 3.58. The molecule has 0 saturated carbocycles. The lowest BCUT2D eigenvalue weighted by Gasteiger charge is -2.37. The minimum atomic E-state index is -0.370. The maximum atomic E-state index is 6.62. The smallest absolute Gasteiger partial charge is 0.138 e. The molecule has 7 rings (SSSR count). The van der Waals surface area contributed by atoms with Crippen LogP contribution in [0, 0.1) is 0 Å². The van der Waals surface area contributed by atoms with Gasteiger partial charge >= 0.3 is 0 Å². The summed E-state index contributed by atoms with van der Waals surface area (Å²) in [6, 6.07) is 37.9. The molecule has 5 aromatic carbocycles. The molecule has 0 amide bonds. The lowest BCUT2D eigenvalue weighted by Crippen LogP contribution is -2.56. The molecule has 1 aromatic heterocycles. The Morgan fingerprint density at radius 1 is 0.528 bits per heavy atom. The van der Waals surface area contributed by atoms with Gasteiger partial charge in [-0.2, -0.15) is 0 Å². The van der Waals surface area contributed by atoms with Crippen LogP contribution >= 0.6 is 11.6 Å². The fourth-order valence-corrected chi connectivity index (χ4v) is 5.68. The summed E-state index contributed by atoms with van der Waals surface area (Å²) in [5.74, 6) is 0. The molecule has 5 heteroatoms. The van der Waals surface area contributed by atoms with Crippen molar-refractivity contribution in [1.82, 2.24) is 16.0 Å². The molecule has 2 heterocycles. The molecule has 3 unspecified atom stereocenters. The minimum Gasteiger partial charge on any atom is -0.456 e. The molecule has 0 spiro atoms. The largest absolute Gasteiger partial charge is 0.456 e. The summed E-state index contributed by atoms with van der Waals surface area (Å²) >= 11 is 6.62. The highest BCUT2D eigenvalue weighted by atomic mass is 35.5. The van der Waals surface area contributed by atoms with Crippen LogP contribution in [0.3, 0.4) is 0 Å². The molecule has 0 bridgehead atoms. The number of hydrogen-bond donors (Lipinski definition) is 3. The first-order valence-corrected chi connectivity index (χ1v) is 12.6. The van der Waals surface area contributed by atoms with E-state index in [1.165, 1.54) is 21.9 Å². The van der Waals surface area contributed by atoms with Crippen LogP contribution in [0.2, 0.25) is 0 Å². The molecule has 1 fully saturated rings. The average molecular weight is 490 g/mol. The molecule has 1 aliphatic rings. The molecule has 0 radical (unpaired) electrons. The zero-order valence-electron chi connectivity index (χ0n) is 19.4. The molecule has 1 aliphatic heterocycles. The maximum absolute atomic E-state index is 6.62. The van der Waals surface area contributed by atoms with Crippen molar-refractivity contribution < 1.29 is 4.42 Å². The lowest BCUT2D eigenvalue weighted by atomic mass is 9.91. The van der Waals surface area contributed by atoms with Gasteiger partial charge in [-0.1, -0.05) is 109 Å². The molecule has 4 nitrogen and oxygen atoms in total. The third-order valence-electron chi connectivity index (χ3n) is 7.05. The van der Waals surface area contributed by atoms with E-state index in [4.69, 9.17) is 16.0 Å². The first-order valence-electron chi connectivity index (χ1n) is 12.2. The van der Waals surface area contributed by atoms with Gasteiger partial charge in [-0.25, -0.2) is 0 Å². The van der Waals surface area contributed by atoms with E-state index in [0.717, 1.165) is 33.1 Å². The molecule has 1 saturated heterocycles. The monoisotopic (exact) mass is 489 g/mol. The summed E-state index contributed by atoms with van der Waals surface area (Å²) in [5.41, 5.74) is 6.10. The molecule has 176 valence electrons. The van der Waals surface area contributed by atoms with E-state index in [-0.39, 0.29) is 18.0 Å².